The lowest BCUT2D eigenvalue weighted by molar-refractivity contribution is 0.102. The summed E-state index contributed by atoms with van der Waals surface area (Å²) in [5, 5.41) is 3.96. The van der Waals surface area contributed by atoms with E-state index in [4.69, 9.17) is 4.98 Å². The highest BCUT2D eigenvalue weighted by molar-refractivity contribution is 9.10. The van der Waals surface area contributed by atoms with Crippen LogP contribution in [0.2, 0.25) is 0 Å². The molecule has 0 saturated carbocycles. The Labute approximate surface area is 185 Å². The minimum Gasteiger partial charge on any atom is -0.322 e. The van der Waals surface area contributed by atoms with E-state index in [-0.39, 0.29) is 5.91 Å². The van der Waals surface area contributed by atoms with Crippen LogP contribution < -0.4 is 5.32 Å². The molecule has 150 valence electrons. The maximum Gasteiger partial charge on any atom is 0.256 e. The van der Waals surface area contributed by atoms with Crippen LogP contribution in [0, 0.1) is 27.7 Å². The number of hydrogen-bond donors (Lipinski definition) is 1. The van der Waals surface area contributed by atoms with Gasteiger partial charge in [-0.1, -0.05) is 52.3 Å². The molecule has 3 aromatic carbocycles. The van der Waals surface area contributed by atoms with Crippen molar-refractivity contribution in [3.05, 3.63) is 93.0 Å². The standard InChI is InChI=1S/C26H23BrN2O/c1-15-10-16(2)12-21(11-15)28-26(30)23-18(4)25(19-8-6-5-7-9-19)29-24-17(3)13-20(27)14-22(23)24/h5-14H,1-4H3,(H,28,30). The number of anilines is 1. The summed E-state index contributed by atoms with van der Waals surface area (Å²) in [6, 6.07) is 20.1. The number of benzene rings is 3. The van der Waals surface area contributed by atoms with Crippen molar-refractivity contribution >= 4 is 38.4 Å². The third kappa shape index (κ3) is 3.88. The minimum atomic E-state index is -0.125. The number of nitrogens with zero attached hydrogens (tertiary/aromatic N) is 1. The average molecular weight is 459 g/mol. The molecule has 1 aromatic heterocycles. The Morgan fingerprint density at radius 2 is 1.57 bits per heavy atom. The number of pyridine rings is 1. The van der Waals surface area contributed by atoms with Crippen molar-refractivity contribution in [1.82, 2.24) is 4.98 Å². The molecule has 4 rings (SSSR count). The third-order valence-electron chi connectivity index (χ3n) is 5.24. The van der Waals surface area contributed by atoms with Gasteiger partial charge < -0.3 is 5.32 Å². The third-order valence-corrected chi connectivity index (χ3v) is 5.70. The van der Waals surface area contributed by atoms with Crippen LogP contribution in [0.15, 0.2) is 65.1 Å². The molecular formula is C26H23BrN2O. The molecule has 0 radical (unpaired) electrons. The number of carbonyl (C=O) groups is 1. The molecule has 30 heavy (non-hydrogen) atoms. The van der Waals surface area contributed by atoms with Gasteiger partial charge in [-0.15, -0.1) is 0 Å². The maximum absolute atomic E-state index is 13.5. The van der Waals surface area contributed by atoms with Crippen LogP contribution in [-0.2, 0) is 0 Å². The first kappa shape index (κ1) is 20.3. The summed E-state index contributed by atoms with van der Waals surface area (Å²) in [4.78, 5) is 18.5. The second-order valence-electron chi connectivity index (χ2n) is 7.78. The Hall–Kier alpha value is -2.98. The Bertz CT molecular complexity index is 1260. The number of amides is 1. The van der Waals surface area contributed by atoms with Gasteiger partial charge in [0.25, 0.3) is 5.91 Å². The van der Waals surface area contributed by atoms with Gasteiger partial charge >= 0.3 is 0 Å². The summed E-state index contributed by atoms with van der Waals surface area (Å²) >= 11 is 3.58. The monoisotopic (exact) mass is 458 g/mol. The first-order chi connectivity index (χ1) is 14.3. The molecule has 1 N–H and O–H groups in total. The predicted octanol–water partition coefficient (Wildman–Crippen LogP) is 7.15. The number of aryl methyl sites for hydroxylation is 3. The van der Waals surface area contributed by atoms with Gasteiger partial charge in [0, 0.05) is 21.1 Å². The van der Waals surface area contributed by atoms with E-state index in [1.807, 2.05) is 82.3 Å². The number of fused-ring (bicyclic) bond motifs is 1. The molecule has 1 amide bonds. The quantitative estimate of drug-likeness (QED) is 0.354. The smallest absolute Gasteiger partial charge is 0.256 e. The maximum atomic E-state index is 13.5. The Morgan fingerprint density at radius 1 is 0.900 bits per heavy atom. The SMILES string of the molecule is Cc1cc(C)cc(NC(=O)c2c(C)c(-c3ccccc3)nc3c(C)cc(Br)cc23)c1. The van der Waals surface area contributed by atoms with Crippen molar-refractivity contribution in [2.45, 2.75) is 27.7 Å². The molecule has 0 aliphatic carbocycles. The molecular weight excluding hydrogens is 436 g/mol. The van der Waals surface area contributed by atoms with Gasteiger partial charge in [0.05, 0.1) is 16.8 Å². The van der Waals surface area contributed by atoms with E-state index >= 15 is 0 Å². The number of nitrogens with one attached hydrogen (secondary N) is 1. The number of halogens is 1. The topological polar surface area (TPSA) is 42.0 Å². The zero-order valence-corrected chi connectivity index (χ0v) is 19.1. The van der Waals surface area contributed by atoms with Crippen molar-refractivity contribution in [3.8, 4) is 11.3 Å². The van der Waals surface area contributed by atoms with Crippen LogP contribution in [0.1, 0.15) is 32.6 Å². The summed E-state index contributed by atoms with van der Waals surface area (Å²) in [7, 11) is 0. The van der Waals surface area contributed by atoms with Crippen molar-refractivity contribution in [2.24, 2.45) is 0 Å². The van der Waals surface area contributed by atoms with E-state index in [0.717, 1.165) is 54.6 Å². The molecule has 4 heteroatoms. The van der Waals surface area contributed by atoms with Crippen molar-refractivity contribution in [1.29, 1.82) is 0 Å². The second-order valence-corrected chi connectivity index (χ2v) is 8.69. The highest BCUT2D eigenvalue weighted by Gasteiger charge is 2.20. The molecule has 0 unspecified atom stereocenters. The fraction of sp³-hybridized carbons (Fsp3) is 0.154. The lowest BCUT2D eigenvalue weighted by atomic mass is 9.95. The van der Waals surface area contributed by atoms with E-state index in [2.05, 4.69) is 27.3 Å². The van der Waals surface area contributed by atoms with Gasteiger partial charge in [-0.25, -0.2) is 4.98 Å². The molecule has 0 spiro atoms. The first-order valence-corrected chi connectivity index (χ1v) is 10.7. The van der Waals surface area contributed by atoms with Crippen LogP contribution in [-0.4, -0.2) is 10.9 Å². The van der Waals surface area contributed by atoms with E-state index in [1.165, 1.54) is 0 Å². The Kier molecular flexibility index (Phi) is 5.44. The molecule has 0 aliphatic rings. The van der Waals surface area contributed by atoms with Gasteiger partial charge in [0.15, 0.2) is 0 Å². The first-order valence-electron chi connectivity index (χ1n) is 9.89. The zero-order chi connectivity index (χ0) is 21.4. The lowest BCUT2D eigenvalue weighted by Gasteiger charge is -2.17. The highest BCUT2D eigenvalue weighted by Crippen LogP contribution is 2.33. The molecule has 0 saturated heterocycles. The van der Waals surface area contributed by atoms with E-state index in [0.29, 0.717) is 5.56 Å². The van der Waals surface area contributed by atoms with Crippen LogP contribution in [0.5, 0.6) is 0 Å². The number of rotatable bonds is 3. The number of aromatic nitrogens is 1. The van der Waals surface area contributed by atoms with Crippen molar-refractivity contribution in [3.63, 3.8) is 0 Å². The second kappa shape index (κ2) is 8.04. The molecule has 0 aliphatic heterocycles. The minimum absolute atomic E-state index is 0.125. The largest absolute Gasteiger partial charge is 0.322 e. The summed E-state index contributed by atoms with van der Waals surface area (Å²) in [6.45, 7) is 8.06. The normalized spacial score (nSPS) is 11.0. The zero-order valence-electron chi connectivity index (χ0n) is 17.5. The van der Waals surface area contributed by atoms with Gasteiger partial charge in [0.2, 0.25) is 0 Å². The lowest BCUT2D eigenvalue weighted by Crippen LogP contribution is -2.15. The van der Waals surface area contributed by atoms with Gasteiger partial charge in [-0.05, 0) is 74.2 Å². The fourth-order valence-corrected chi connectivity index (χ4v) is 4.57. The Balaban J connectivity index is 1.94. The molecule has 0 bridgehead atoms. The van der Waals surface area contributed by atoms with Gasteiger partial charge in [-0.3, -0.25) is 4.79 Å². The molecule has 0 atom stereocenters. The Morgan fingerprint density at radius 3 is 2.23 bits per heavy atom. The van der Waals surface area contributed by atoms with Crippen LogP contribution in [0.25, 0.3) is 22.2 Å². The van der Waals surface area contributed by atoms with Gasteiger partial charge in [-0.2, -0.15) is 0 Å². The number of carbonyl (C=O) groups excluding carboxylic acids is 1. The van der Waals surface area contributed by atoms with Crippen LogP contribution >= 0.6 is 15.9 Å². The van der Waals surface area contributed by atoms with Crippen LogP contribution in [0.3, 0.4) is 0 Å². The van der Waals surface area contributed by atoms with Gasteiger partial charge in [0.1, 0.15) is 0 Å². The molecule has 3 nitrogen and oxygen atoms in total. The van der Waals surface area contributed by atoms with E-state index in [9.17, 15) is 4.79 Å². The summed E-state index contributed by atoms with van der Waals surface area (Å²) < 4.78 is 0.932. The van der Waals surface area contributed by atoms with Crippen molar-refractivity contribution < 1.29 is 4.79 Å². The summed E-state index contributed by atoms with van der Waals surface area (Å²) in [6.07, 6.45) is 0. The predicted molar refractivity (Wildman–Crippen MR) is 128 cm³/mol. The van der Waals surface area contributed by atoms with E-state index in [1.54, 1.807) is 0 Å². The number of hydrogen-bond acceptors (Lipinski definition) is 2. The summed E-state index contributed by atoms with van der Waals surface area (Å²) in [5.41, 5.74) is 8.25. The molecule has 0 fully saturated rings. The fourth-order valence-electron chi connectivity index (χ4n) is 4.00. The van der Waals surface area contributed by atoms with Crippen LogP contribution in [0.4, 0.5) is 5.69 Å². The molecule has 4 aromatic rings. The molecule has 1 heterocycles. The highest BCUT2D eigenvalue weighted by atomic mass is 79.9. The van der Waals surface area contributed by atoms with E-state index < -0.39 is 0 Å². The average Bonchev–Trinajstić information content (AvgIpc) is 2.67. The van der Waals surface area contributed by atoms with Crippen molar-refractivity contribution in [2.75, 3.05) is 5.32 Å². The summed E-state index contributed by atoms with van der Waals surface area (Å²) in [5.74, 6) is -0.125.